The molecule has 3 aliphatic carbocycles. The zero-order valence-corrected chi connectivity index (χ0v) is 19.9. The summed E-state index contributed by atoms with van der Waals surface area (Å²) in [5.41, 5.74) is 14.0. The van der Waals surface area contributed by atoms with Crippen molar-refractivity contribution in [3.63, 3.8) is 0 Å². The highest BCUT2D eigenvalue weighted by molar-refractivity contribution is 5.88. The van der Waals surface area contributed by atoms with Crippen molar-refractivity contribution in [2.45, 2.75) is 72.1 Å². The minimum absolute atomic E-state index is 0.681. The fourth-order valence-corrected chi connectivity index (χ4v) is 5.48. The minimum Gasteiger partial charge on any atom is -0.0836 e. The third-order valence-corrected chi connectivity index (χ3v) is 7.42. The zero-order chi connectivity index (χ0) is 22.1. The molecule has 1 unspecified atom stereocenters. The monoisotopic (exact) mass is 418 g/mol. The number of hydrogen-bond acceptors (Lipinski definition) is 0. The number of hydrogen-bond donors (Lipinski definition) is 0. The lowest BCUT2D eigenvalue weighted by Crippen LogP contribution is -2.06. The van der Waals surface area contributed by atoms with E-state index in [2.05, 4.69) is 81.5 Å². The zero-order valence-electron chi connectivity index (χ0n) is 19.9. The maximum absolute atomic E-state index is 3.46. The molecular formula is C32H34. The number of aryl methyl sites for hydroxylation is 2. The van der Waals surface area contributed by atoms with Crippen molar-refractivity contribution in [3.8, 4) is 0 Å². The molecule has 1 fully saturated rings. The molecule has 0 radical (unpaired) electrons. The van der Waals surface area contributed by atoms with Crippen molar-refractivity contribution in [1.29, 1.82) is 0 Å². The van der Waals surface area contributed by atoms with E-state index in [-0.39, 0.29) is 0 Å². The quantitative estimate of drug-likeness (QED) is 0.465. The fourth-order valence-electron chi connectivity index (χ4n) is 5.48. The standard InChI is InChI=1S/C32H34/c1-22-8-6-13-28(18-22)26-16-14-25(15-17-26)19-24(3)32(27-11-7-12-27)31-21-30-10-5-4-9-29(30)20-23(31)2/h5,10,14,16,18-22H,4,6-9,11-13H2,1-3H3/b24-19+. The van der Waals surface area contributed by atoms with Crippen LogP contribution in [0.3, 0.4) is 0 Å². The Hall–Kier alpha value is -2.78. The van der Waals surface area contributed by atoms with Crippen LogP contribution in [0.2, 0.25) is 0 Å². The van der Waals surface area contributed by atoms with E-state index in [1.165, 1.54) is 89.5 Å². The largest absolute Gasteiger partial charge is 0.0836 e. The third kappa shape index (κ3) is 4.27. The summed E-state index contributed by atoms with van der Waals surface area (Å²) in [6.07, 6.45) is 19.2. The second-order valence-electron chi connectivity index (χ2n) is 9.98. The van der Waals surface area contributed by atoms with E-state index in [1.807, 2.05) is 0 Å². The predicted molar refractivity (Wildman–Crippen MR) is 138 cm³/mol. The van der Waals surface area contributed by atoms with Gasteiger partial charge in [-0.1, -0.05) is 48.9 Å². The third-order valence-electron chi connectivity index (χ3n) is 7.42. The van der Waals surface area contributed by atoms with E-state index in [0.29, 0.717) is 5.92 Å². The van der Waals surface area contributed by atoms with E-state index >= 15 is 0 Å². The first kappa shape index (κ1) is 21.1. The molecule has 0 saturated heterocycles. The lowest BCUT2D eigenvalue weighted by atomic mass is 9.79. The molecule has 0 aromatic heterocycles. The summed E-state index contributed by atoms with van der Waals surface area (Å²) in [5, 5.41) is 0. The van der Waals surface area contributed by atoms with Gasteiger partial charge in [-0.2, -0.15) is 0 Å². The maximum atomic E-state index is 3.46. The Morgan fingerprint density at radius 2 is 1.91 bits per heavy atom. The first-order valence-electron chi connectivity index (χ1n) is 12.4. The van der Waals surface area contributed by atoms with Crippen LogP contribution in [0.15, 0.2) is 47.6 Å². The summed E-state index contributed by atoms with van der Waals surface area (Å²) in [4.78, 5) is 0. The van der Waals surface area contributed by atoms with Crippen LogP contribution in [0, 0.1) is 25.0 Å². The van der Waals surface area contributed by atoms with Crippen LogP contribution in [0.1, 0.15) is 92.2 Å². The van der Waals surface area contributed by atoms with Gasteiger partial charge in [0.25, 0.3) is 0 Å². The Morgan fingerprint density at radius 3 is 2.62 bits per heavy atom. The van der Waals surface area contributed by atoms with Gasteiger partial charge in [0, 0.05) is 11.1 Å². The van der Waals surface area contributed by atoms with Crippen molar-refractivity contribution in [2.24, 2.45) is 5.92 Å². The van der Waals surface area contributed by atoms with Crippen LogP contribution in [0.4, 0.5) is 0 Å². The topological polar surface area (TPSA) is 0 Å². The van der Waals surface area contributed by atoms with Gasteiger partial charge in [-0.05, 0) is 134 Å². The van der Waals surface area contributed by atoms with Crippen LogP contribution in [-0.2, 0) is 6.42 Å². The average molecular weight is 419 g/mol. The van der Waals surface area contributed by atoms with E-state index in [4.69, 9.17) is 0 Å². The summed E-state index contributed by atoms with van der Waals surface area (Å²) in [7, 11) is 0. The van der Waals surface area contributed by atoms with Crippen molar-refractivity contribution in [3.05, 3.63) is 93.1 Å². The highest BCUT2D eigenvalue weighted by Gasteiger charge is 2.20. The van der Waals surface area contributed by atoms with Gasteiger partial charge in [-0.3, -0.25) is 0 Å². The molecule has 2 aromatic rings. The maximum Gasteiger partial charge on any atom is 0.0278 e. The summed E-state index contributed by atoms with van der Waals surface area (Å²) < 4.78 is 0. The highest BCUT2D eigenvalue weighted by atomic mass is 14.2. The Bertz CT molecular complexity index is 1130. The van der Waals surface area contributed by atoms with Crippen molar-refractivity contribution in [1.82, 2.24) is 0 Å². The molecule has 2 aromatic carbocycles. The summed E-state index contributed by atoms with van der Waals surface area (Å²) in [6, 6.07) is 16.2. The van der Waals surface area contributed by atoms with Crippen molar-refractivity contribution < 1.29 is 0 Å². The molecular weight excluding hydrogens is 384 g/mol. The Morgan fingerprint density at radius 1 is 1.03 bits per heavy atom. The van der Waals surface area contributed by atoms with Crippen molar-refractivity contribution in [2.75, 3.05) is 0 Å². The number of rotatable bonds is 4. The molecule has 0 amide bonds. The molecule has 32 heavy (non-hydrogen) atoms. The number of benzene rings is 1. The van der Waals surface area contributed by atoms with E-state index < -0.39 is 0 Å². The Labute approximate surface area is 194 Å². The van der Waals surface area contributed by atoms with Crippen LogP contribution in [-0.4, -0.2) is 0 Å². The van der Waals surface area contributed by atoms with Gasteiger partial charge in [0.1, 0.15) is 0 Å². The van der Waals surface area contributed by atoms with Gasteiger partial charge in [0.05, 0.1) is 0 Å². The number of fused-ring (bicyclic) bond motifs is 1. The van der Waals surface area contributed by atoms with Crippen LogP contribution < -0.4 is 0 Å². The fraction of sp³-hybridized carbons (Fsp3) is 0.375. The number of allylic oxidation sites excluding steroid dienone is 6. The first-order valence-corrected chi connectivity index (χ1v) is 12.4. The van der Waals surface area contributed by atoms with Crippen LogP contribution >= 0.6 is 0 Å². The lowest BCUT2D eigenvalue weighted by molar-refractivity contribution is 0.593. The minimum atomic E-state index is 0.681. The van der Waals surface area contributed by atoms with E-state index in [0.717, 1.165) is 12.0 Å². The predicted octanol–water partition coefficient (Wildman–Crippen LogP) is 8.80. The lowest BCUT2D eigenvalue weighted by Gasteiger charge is -2.25. The molecule has 0 bridgehead atoms. The molecule has 0 spiro atoms. The molecule has 3 aliphatic rings. The molecule has 0 N–H and O–H groups in total. The summed E-state index contributed by atoms with van der Waals surface area (Å²) in [6.45, 7) is 6.88. The van der Waals surface area contributed by atoms with E-state index in [1.54, 1.807) is 5.57 Å². The highest BCUT2D eigenvalue weighted by Crippen LogP contribution is 2.40. The molecule has 5 rings (SSSR count). The first-order chi connectivity index (χ1) is 15.6. The molecule has 162 valence electrons. The molecule has 0 heterocycles. The Balaban J connectivity index is 1.48. The van der Waals surface area contributed by atoms with Gasteiger partial charge in [-0.15, -0.1) is 0 Å². The summed E-state index contributed by atoms with van der Waals surface area (Å²) in [5.74, 6) is 0.681. The van der Waals surface area contributed by atoms with Crippen LogP contribution in [0.5, 0.6) is 0 Å². The Kier molecular flexibility index (Phi) is 5.93. The molecule has 0 nitrogen and oxygen atoms in total. The molecule has 1 saturated carbocycles. The van der Waals surface area contributed by atoms with Gasteiger partial charge < -0.3 is 0 Å². The van der Waals surface area contributed by atoms with Crippen molar-refractivity contribution >= 4 is 23.3 Å². The second kappa shape index (κ2) is 8.99. The molecule has 0 aliphatic heterocycles. The normalized spacial score (nSPS) is 20.2. The second-order valence-corrected chi connectivity index (χ2v) is 9.98. The SMILES string of the molecule is C/C(=C\c1c#cc(C2=CC(C)CCC2)cc1)C(=C1CCC1)c1cc2c(cc1C)CCC=C2. The van der Waals surface area contributed by atoms with Gasteiger partial charge in [-0.25, -0.2) is 0 Å². The average Bonchev–Trinajstić information content (AvgIpc) is 2.76. The van der Waals surface area contributed by atoms with Gasteiger partial charge in [0.15, 0.2) is 0 Å². The molecule has 1 atom stereocenters. The van der Waals surface area contributed by atoms with Gasteiger partial charge in [0.2, 0.25) is 0 Å². The smallest absolute Gasteiger partial charge is 0.0278 e. The molecule has 0 heteroatoms. The summed E-state index contributed by atoms with van der Waals surface area (Å²) >= 11 is 0. The van der Waals surface area contributed by atoms with E-state index in [9.17, 15) is 0 Å². The van der Waals surface area contributed by atoms with Crippen LogP contribution in [0.25, 0.3) is 23.3 Å². The van der Waals surface area contributed by atoms with Gasteiger partial charge >= 0.3 is 0 Å².